The van der Waals surface area contributed by atoms with Crippen molar-refractivity contribution in [1.82, 2.24) is 10.3 Å². The molecular formula is C21H22N6OS. The minimum absolute atomic E-state index is 0.0991. The van der Waals surface area contributed by atoms with Crippen molar-refractivity contribution in [2.45, 2.75) is 20.0 Å². The number of aryl methyl sites for hydroxylation is 2. The summed E-state index contributed by atoms with van der Waals surface area (Å²) in [5, 5.41) is 7.53. The van der Waals surface area contributed by atoms with Crippen molar-refractivity contribution in [3.8, 4) is 0 Å². The van der Waals surface area contributed by atoms with Crippen molar-refractivity contribution < 1.29 is 4.79 Å². The average Bonchev–Trinajstić information content (AvgIpc) is 3.13. The van der Waals surface area contributed by atoms with Gasteiger partial charge in [0.2, 0.25) is 5.91 Å². The number of amidine groups is 1. The Hall–Kier alpha value is -3.26. The summed E-state index contributed by atoms with van der Waals surface area (Å²) in [7, 11) is 0. The molecule has 0 bridgehead atoms. The van der Waals surface area contributed by atoms with Gasteiger partial charge < -0.3 is 21.4 Å². The average molecular weight is 407 g/mol. The lowest BCUT2D eigenvalue weighted by Gasteiger charge is -2.18. The van der Waals surface area contributed by atoms with E-state index in [0.29, 0.717) is 5.17 Å². The first kappa shape index (κ1) is 19.1. The Morgan fingerprint density at radius 3 is 2.90 bits per heavy atom. The first-order valence-corrected chi connectivity index (χ1v) is 10.2. The number of aliphatic imine (C=N–C) groups is 2. The molecule has 29 heavy (non-hydrogen) atoms. The number of carbonyl (C=O) groups is 1. The molecule has 1 amide bonds. The Balaban J connectivity index is 1.46. The molecular weight excluding hydrogens is 384 g/mol. The predicted molar refractivity (Wildman–Crippen MR) is 120 cm³/mol. The van der Waals surface area contributed by atoms with Crippen LogP contribution in [-0.4, -0.2) is 27.8 Å². The topological polar surface area (TPSA) is 108 Å². The Labute approximate surface area is 172 Å². The zero-order valence-electron chi connectivity index (χ0n) is 16.2. The normalized spacial score (nSPS) is 16.1. The van der Waals surface area contributed by atoms with Crippen LogP contribution in [0.4, 0.5) is 5.69 Å². The second-order valence-electron chi connectivity index (χ2n) is 6.89. The van der Waals surface area contributed by atoms with Crippen LogP contribution in [0, 0.1) is 13.8 Å². The number of benzene rings is 2. The van der Waals surface area contributed by atoms with E-state index in [0.717, 1.165) is 33.3 Å². The van der Waals surface area contributed by atoms with Crippen LogP contribution in [0.15, 0.2) is 58.6 Å². The van der Waals surface area contributed by atoms with Crippen molar-refractivity contribution in [1.29, 1.82) is 0 Å². The van der Waals surface area contributed by atoms with Crippen LogP contribution in [0.3, 0.4) is 0 Å². The second-order valence-corrected chi connectivity index (χ2v) is 7.86. The van der Waals surface area contributed by atoms with E-state index >= 15 is 0 Å². The van der Waals surface area contributed by atoms with Gasteiger partial charge >= 0.3 is 0 Å². The highest BCUT2D eigenvalue weighted by molar-refractivity contribution is 8.14. The molecule has 1 aliphatic heterocycles. The van der Waals surface area contributed by atoms with Gasteiger partial charge in [-0.2, -0.15) is 0 Å². The Bertz CT molecular complexity index is 1130. The number of thioether (sulfide) groups is 1. The molecule has 4 rings (SSSR count). The number of rotatable bonds is 4. The number of nitrogens with zero attached hydrogens (tertiary/aromatic N) is 2. The molecule has 148 valence electrons. The summed E-state index contributed by atoms with van der Waals surface area (Å²) in [5.74, 6) is 0.401. The van der Waals surface area contributed by atoms with Crippen LogP contribution in [-0.2, 0) is 4.79 Å². The monoisotopic (exact) mass is 406 g/mol. The zero-order chi connectivity index (χ0) is 20.4. The van der Waals surface area contributed by atoms with Gasteiger partial charge in [0, 0.05) is 28.4 Å². The van der Waals surface area contributed by atoms with Crippen molar-refractivity contribution in [3.05, 3.63) is 65.4 Å². The molecule has 0 fully saturated rings. The van der Waals surface area contributed by atoms with E-state index in [1.165, 1.54) is 11.8 Å². The van der Waals surface area contributed by atoms with Gasteiger partial charge in [0.1, 0.15) is 0 Å². The zero-order valence-corrected chi connectivity index (χ0v) is 17.0. The third kappa shape index (κ3) is 4.27. The van der Waals surface area contributed by atoms with Crippen molar-refractivity contribution in [3.63, 3.8) is 0 Å². The van der Waals surface area contributed by atoms with Gasteiger partial charge in [-0.3, -0.25) is 4.79 Å². The minimum atomic E-state index is -0.447. The minimum Gasteiger partial charge on any atom is -0.370 e. The van der Waals surface area contributed by atoms with Gasteiger partial charge in [0.25, 0.3) is 0 Å². The van der Waals surface area contributed by atoms with E-state index in [2.05, 4.69) is 25.6 Å². The molecule has 3 aromatic rings. The van der Waals surface area contributed by atoms with E-state index in [4.69, 9.17) is 5.73 Å². The van der Waals surface area contributed by atoms with Gasteiger partial charge in [-0.05, 0) is 37.1 Å². The van der Waals surface area contributed by atoms with Crippen LogP contribution < -0.4 is 16.4 Å². The van der Waals surface area contributed by atoms with E-state index in [1.54, 1.807) is 0 Å². The van der Waals surface area contributed by atoms with Crippen molar-refractivity contribution >= 4 is 45.4 Å². The molecule has 2 aromatic carbocycles. The Kier molecular flexibility index (Phi) is 5.26. The molecule has 5 N–H and O–H groups in total. The molecule has 0 saturated heterocycles. The van der Waals surface area contributed by atoms with E-state index < -0.39 is 6.17 Å². The molecule has 1 atom stereocenters. The summed E-state index contributed by atoms with van der Waals surface area (Å²) in [6.07, 6.45) is 1.45. The SMILES string of the molecule is Cc1ccc(C)c(NC(=O)CSC2=NC(c3c[nH]c4ccccc34)N=C(N)N2)c1. The number of nitrogens with two attached hydrogens (primary N) is 1. The lowest BCUT2D eigenvalue weighted by molar-refractivity contribution is -0.113. The van der Waals surface area contributed by atoms with E-state index in [-0.39, 0.29) is 17.6 Å². The lowest BCUT2D eigenvalue weighted by Crippen LogP contribution is -2.39. The van der Waals surface area contributed by atoms with Crippen LogP contribution in [0.5, 0.6) is 0 Å². The van der Waals surface area contributed by atoms with Crippen molar-refractivity contribution in [2.75, 3.05) is 11.1 Å². The third-order valence-corrected chi connectivity index (χ3v) is 5.53. The summed E-state index contributed by atoms with van der Waals surface area (Å²) >= 11 is 1.30. The maximum Gasteiger partial charge on any atom is 0.234 e. The van der Waals surface area contributed by atoms with Crippen LogP contribution in [0.2, 0.25) is 0 Å². The molecule has 0 aliphatic carbocycles. The molecule has 7 nitrogen and oxygen atoms in total. The number of nitrogens with one attached hydrogen (secondary N) is 3. The lowest BCUT2D eigenvalue weighted by atomic mass is 10.1. The number of hydrogen-bond donors (Lipinski definition) is 4. The van der Waals surface area contributed by atoms with Gasteiger partial charge in [0.15, 0.2) is 17.3 Å². The molecule has 0 radical (unpaired) electrons. The van der Waals surface area contributed by atoms with E-state index in [9.17, 15) is 4.79 Å². The number of guanidine groups is 1. The molecule has 0 spiro atoms. The largest absolute Gasteiger partial charge is 0.370 e. The highest BCUT2D eigenvalue weighted by Crippen LogP contribution is 2.29. The fourth-order valence-electron chi connectivity index (χ4n) is 3.16. The predicted octanol–water partition coefficient (Wildman–Crippen LogP) is 3.43. The first-order valence-electron chi connectivity index (χ1n) is 9.23. The molecule has 8 heteroatoms. The standard InChI is InChI=1S/C21H22N6OS/c1-12-7-8-13(2)17(9-12)24-18(28)11-29-21-26-19(25-20(22)27-21)15-10-23-16-6-4-3-5-14(15)16/h3-10,19,23H,11H2,1-2H3,(H,24,28)(H3,22,25,26,27). The number of aromatic nitrogens is 1. The number of carbonyl (C=O) groups excluding carboxylic acids is 1. The summed E-state index contributed by atoms with van der Waals surface area (Å²) in [4.78, 5) is 24.7. The highest BCUT2D eigenvalue weighted by atomic mass is 32.2. The number of anilines is 1. The number of H-pyrrole nitrogens is 1. The summed E-state index contributed by atoms with van der Waals surface area (Å²) in [5.41, 5.74) is 10.9. The highest BCUT2D eigenvalue weighted by Gasteiger charge is 2.20. The Morgan fingerprint density at radius 2 is 2.03 bits per heavy atom. The fraction of sp³-hybridized carbons (Fsp3) is 0.190. The molecule has 1 aliphatic rings. The second kappa shape index (κ2) is 8.00. The summed E-state index contributed by atoms with van der Waals surface area (Å²) in [6.45, 7) is 3.97. The van der Waals surface area contributed by atoms with Gasteiger partial charge in [0.05, 0.1) is 5.75 Å². The summed E-state index contributed by atoms with van der Waals surface area (Å²) < 4.78 is 0. The number of para-hydroxylation sites is 1. The van der Waals surface area contributed by atoms with Crippen LogP contribution >= 0.6 is 11.8 Å². The summed E-state index contributed by atoms with van der Waals surface area (Å²) in [6, 6.07) is 14.0. The molecule has 1 aromatic heterocycles. The quantitative estimate of drug-likeness (QED) is 0.532. The first-order chi connectivity index (χ1) is 14.0. The van der Waals surface area contributed by atoms with Crippen molar-refractivity contribution in [2.24, 2.45) is 15.7 Å². The van der Waals surface area contributed by atoms with E-state index in [1.807, 2.05) is 62.5 Å². The van der Waals surface area contributed by atoms with Gasteiger partial charge in [-0.1, -0.05) is 42.1 Å². The molecule has 1 unspecified atom stereocenters. The van der Waals surface area contributed by atoms with Crippen LogP contribution in [0.1, 0.15) is 22.9 Å². The number of fused-ring (bicyclic) bond motifs is 1. The maximum absolute atomic E-state index is 12.4. The molecule has 0 saturated carbocycles. The number of hydrogen-bond acceptors (Lipinski definition) is 6. The van der Waals surface area contributed by atoms with Crippen LogP contribution in [0.25, 0.3) is 10.9 Å². The Morgan fingerprint density at radius 1 is 1.21 bits per heavy atom. The smallest absolute Gasteiger partial charge is 0.234 e. The number of amides is 1. The third-order valence-electron chi connectivity index (χ3n) is 4.64. The maximum atomic E-state index is 12.4. The van der Waals surface area contributed by atoms with Gasteiger partial charge in [-0.15, -0.1) is 0 Å². The number of aromatic amines is 1. The molecule has 2 heterocycles. The fourth-order valence-corrected chi connectivity index (χ4v) is 3.85. The van der Waals surface area contributed by atoms with Gasteiger partial charge in [-0.25, -0.2) is 9.98 Å².